The molecule has 0 nitrogen and oxygen atoms in total. The SMILES string of the molecule is CCC(Cc1ccccc1Cl)C(C)Cl. The van der Waals surface area contributed by atoms with Gasteiger partial charge in [-0.15, -0.1) is 11.6 Å². The van der Waals surface area contributed by atoms with E-state index in [-0.39, 0.29) is 5.38 Å². The quantitative estimate of drug-likeness (QED) is 0.667. The summed E-state index contributed by atoms with van der Waals surface area (Å²) >= 11 is 12.2. The van der Waals surface area contributed by atoms with Crippen LogP contribution in [0.3, 0.4) is 0 Å². The van der Waals surface area contributed by atoms with Crippen LogP contribution in [-0.4, -0.2) is 5.38 Å². The molecular weight excluding hydrogens is 215 g/mol. The van der Waals surface area contributed by atoms with Gasteiger partial charge in [0.25, 0.3) is 0 Å². The van der Waals surface area contributed by atoms with Gasteiger partial charge in [0.2, 0.25) is 0 Å². The minimum atomic E-state index is 0.205. The predicted molar refractivity (Wildman–Crippen MR) is 64.3 cm³/mol. The van der Waals surface area contributed by atoms with Gasteiger partial charge in [-0.05, 0) is 30.9 Å². The first-order chi connectivity index (χ1) is 6.65. The van der Waals surface area contributed by atoms with Crippen LogP contribution < -0.4 is 0 Å². The highest BCUT2D eigenvalue weighted by Gasteiger charge is 2.14. The van der Waals surface area contributed by atoms with Crippen LogP contribution in [0.25, 0.3) is 0 Å². The van der Waals surface area contributed by atoms with Crippen LogP contribution in [0, 0.1) is 5.92 Å². The molecule has 0 bridgehead atoms. The fourth-order valence-corrected chi connectivity index (χ4v) is 2.06. The highest BCUT2D eigenvalue weighted by atomic mass is 35.5. The Balaban J connectivity index is 2.72. The van der Waals surface area contributed by atoms with Crippen molar-refractivity contribution in [3.63, 3.8) is 0 Å². The van der Waals surface area contributed by atoms with Crippen LogP contribution in [-0.2, 0) is 6.42 Å². The van der Waals surface area contributed by atoms with Gasteiger partial charge in [0.15, 0.2) is 0 Å². The zero-order valence-corrected chi connectivity index (χ0v) is 10.1. The maximum atomic E-state index is 6.10. The largest absolute Gasteiger partial charge is 0.123 e. The zero-order chi connectivity index (χ0) is 10.6. The number of hydrogen-bond donors (Lipinski definition) is 0. The second-order valence-corrected chi connectivity index (χ2v) is 4.74. The molecule has 0 spiro atoms. The maximum absolute atomic E-state index is 6.10. The van der Waals surface area contributed by atoms with E-state index < -0.39 is 0 Å². The fourth-order valence-electron chi connectivity index (χ4n) is 1.58. The van der Waals surface area contributed by atoms with Crippen molar-refractivity contribution in [3.05, 3.63) is 34.9 Å². The summed E-state index contributed by atoms with van der Waals surface area (Å²) in [7, 11) is 0. The highest BCUT2D eigenvalue weighted by Crippen LogP contribution is 2.24. The second-order valence-electron chi connectivity index (χ2n) is 3.64. The molecule has 0 radical (unpaired) electrons. The van der Waals surface area contributed by atoms with Crippen molar-refractivity contribution < 1.29 is 0 Å². The monoisotopic (exact) mass is 230 g/mol. The smallest absolute Gasteiger partial charge is 0.0438 e. The molecule has 1 rings (SSSR count). The summed E-state index contributed by atoms with van der Waals surface area (Å²) in [6.45, 7) is 4.22. The lowest BCUT2D eigenvalue weighted by molar-refractivity contribution is 0.497. The van der Waals surface area contributed by atoms with E-state index in [1.165, 1.54) is 5.56 Å². The maximum Gasteiger partial charge on any atom is 0.0438 e. The van der Waals surface area contributed by atoms with Crippen molar-refractivity contribution in [2.75, 3.05) is 0 Å². The Bertz CT molecular complexity index is 281. The molecule has 0 saturated carbocycles. The average Bonchev–Trinajstić information content (AvgIpc) is 2.16. The minimum absolute atomic E-state index is 0.205. The Kier molecular flexibility index (Phi) is 4.77. The first-order valence-corrected chi connectivity index (χ1v) is 5.84. The highest BCUT2D eigenvalue weighted by molar-refractivity contribution is 6.31. The minimum Gasteiger partial charge on any atom is -0.123 e. The molecule has 0 saturated heterocycles. The summed E-state index contributed by atoms with van der Waals surface area (Å²) in [5, 5.41) is 1.06. The molecule has 1 aromatic carbocycles. The van der Waals surface area contributed by atoms with Crippen molar-refractivity contribution in [3.8, 4) is 0 Å². The summed E-state index contributed by atoms with van der Waals surface area (Å²) in [5.74, 6) is 0.511. The Hall–Kier alpha value is -0.200. The standard InChI is InChI=1S/C12H16Cl2/c1-3-10(9(2)13)8-11-6-4-5-7-12(11)14/h4-7,9-10H,3,8H2,1-2H3. The topological polar surface area (TPSA) is 0 Å². The number of rotatable bonds is 4. The Labute approximate surface area is 96.2 Å². The summed E-state index contributed by atoms with van der Waals surface area (Å²) < 4.78 is 0. The molecule has 0 fully saturated rings. The molecule has 0 aliphatic carbocycles. The molecule has 2 unspecified atom stereocenters. The van der Waals surface area contributed by atoms with E-state index in [2.05, 4.69) is 13.0 Å². The summed E-state index contributed by atoms with van der Waals surface area (Å²) in [5.41, 5.74) is 1.20. The lowest BCUT2D eigenvalue weighted by atomic mass is 9.94. The van der Waals surface area contributed by atoms with Crippen molar-refractivity contribution in [2.24, 2.45) is 5.92 Å². The lowest BCUT2D eigenvalue weighted by Gasteiger charge is -2.17. The number of halogens is 2. The van der Waals surface area contributed by atoms with Gasteiger partial charge in [0.05, 0.1) is 0 Å². The predicted octanol–water partition coefficient (Wildman–Crippen LogP) is 4.54. The van der Waals surface area contributed by atoms with Gasteiger partial charge in [0.1, 0.15) is 0 Å². The van der Waals surface area contributed by atoms with E-state index in [0.29, 0.717) is 5.92 Å². The number of alkyl halides is 1. The molecule has 0 heterocycles. The van der Waals surface area contributed by atoms with Crippen LogP contribution in [0.2, 0.25) is 5.02 Å². The molecule has 0 amide bonds. The van der Waals surface area contributed by atoms with Crippen LogP contribution in [0.15, 0.2) is 24.3 Å². The van der Waals surface area contributed by atoms with E-state index in [1.54, 1.807) is 0 Å². The molecule has 0 aromatic heterocycles. The number of hydrogen-bond acceptors (Lipinski definition) is 0. The van der Waals surface area contributed by atoms with Gasteiger partial charge in [-0.25, -0.2) is 0 Å². The third kappa shape index (κ3) is 3.18. The first kappa shape index (κ1) is 11.9. The number of benzene rings is 1. The molecule has 0 N–H and O–H groups in total. The van der Waals surface area contributed by atoms with Crippen molar-refractivity contribution in [1.82, 2.24) is 0 Å². The lowest BCUT2D eigenvalue weighted by Crippen LogP contribution is -2.13. The first-order valence-electron chi connectivity index (χ1n) is 5.02. The molecule has 1 aromatic rings. The average molecular weight is 231 g/mol. The molecule has 0 aliphatic heterocycles. The molecule has 2 heteroatoms. The molecule has 78 valence electrons. The van der Waals surface area contributed by atoms with E-state index in [0.717, 1.165) is 17.9 Å². The van der Waals surface area contributed by atoms with Gasteiger partial charge >= 0.3 is 0 Å². The van der Waals surface area contributed by atoms with E-state index in [1.807, 2.05) is 25.1 Å². The van der Waals surface area contributed by atoms with Gasteiger partial charge in [-0.1, -0.05) is 43.1 Å². The molecule has 14 heavy (non-hydrogen) atoms. The Morgan fingerprint density at radius 3 is 2.43 bits per heavy atom. The molecular formula is C12H16Cl2. The van der Waals surface area contributed by atoms with E-state index >= 15 is 0 Å². The third-order valence-corrected chi connectivity index (χ3v) is 3.34. The Morgan fingerprint density at radius 2 is 1.93 bits per heavy atom. The van der Waals surface area contributed by atoms with Gasteiger partial charge in [-0.3, -0.25) is 0 Å². The fraction of sp³-hybridized carbons (Fsp3) is 0.500. The third-order valence-electron chi connectivity index (χ3n) is 2.61. The van der Waals surface area contributed by atoms with Gasteiger partial charge in [-0.2, -0.15) is 0 Å². The molecule has 2 atom stereocenters. The van der Waals surface area contributed by atoms with Gasteiger partial charge in [0, 0.05) is 10.4 Å². The van der Waals surface area contributed by atoms with Crippen LogP contribution >= 0.6 is 23.2 Å². The zero-order valence-electron chi connectivity index (χ0n) is 8.63. The van der Waals surface area contributed by atoms with Crippen LogP contribution in [0.4, 0.5) is 0 Å². The second kappa shape index (κ2) is 5.63. The van der Waals surface area contributed by atoms with Crippen LogP contribution in [0.1, 0.15) is 25.8 Å². The summed E-state index contributed by atoms with van der Waals surface area (Å²) in [4.78, 5) is 0. The summed E-state index contributed by atoms with van der Waals surface area (Å²) in [6.07, 6.45) is 2.07. The Morgan fingerprint density at radius 1 is 1.29 bits per heavy atom. The normalized spacial score (nSPS) is 15.1. The molecule has 0 aliphatic rings. The summed E-state index contributed by atoms with van der Waals surface area (Å²) in [6, 6.07) is 7.98. The van der Waals surface area contributed by atoms with Crippen molar-refractivity contribution in [2.45, 2.75) is 32.1 Å². The van der Waals surface area contributed by atoms with Crippen molar-refractivity contribution >= 4 is 23.2 Å². The van der Waals surface area contributed by atoms with E-state index in [4.69, 9.17) is 23.2 Å². The van der Waals surface area contributed by atoms with Crippen molar-refractivity contribution in [1.29, 1.82) is 0 Å². The van der Waals surface area contributed by atoms with Crippen LogP contribution in [0.5, 0.6) is 0 Å². The van der Waals surface area contributed by atoms with Gasteiger partial charge < -0.3 is 0 Å². The van der Waals surface area contributed by atoms with E-state index in [9.17, 15) is 0 Å².